The summed E-state index contributed by atoms with van der Waals surface area (Å²) in [6.07, 6.45) is 8.22. The van der Waals surface area contributed by atoms with Crippen molar-refractivity contribution in [1.29, 1.82) is 0 Å². The average Bonchev–Trinajstić information content (AvgIpc) is 2.90. The summed E-state index contributed by atoms with van der Waals surface area (Å²) in [5.41, 5.74) is 5.02. The van der Waals surface area contributed by atoms with Crippen LogP contribution in [0.25, 0.3) is 11.3 Å². The minimum Gasteiger partial charge on any atom is -0.262 e. The third kappa shape index (κ3) is 4.04. The van der Waals surface area contributed by atoms with Crippen LogP contribution in [0.3, 0.4) is 0 Å². The summed E-state index contributed by atoms with van der Waals surface area (Å²) in [5, 5.41) is 4.74. The SMILES string of the molecule is C=C(C)/N=C\C(=C/CCC)c1nn(-c2ccccc2)cc1C. The van der Waals surface area contributed by atoms with Crippen molar-refractivity contribution in [3.05, 3.63) is 66.1 Å². The molecule has 3 heteroatoms. The van der Waals surface area contributed by atoms with Gasteiger partial charge in [-0.05, 0) is 38.0 Å². The standard InChI is InChI=1S/C19H23N3/c1-5-6-10-17(13-20-15(2)3)19-16(4)14-22(21-19)18-11-8-7-9-12-18/h7-14H,2,5-6H2,1,3-4H3/b17-10+,20-13-. The number of aromatic nitrogens is 2. The Morgan fingerprint density at radius 1 is 1.32 bits per heavy atom. The van der Waals surface area contributed by atoms with Crippen LogP contribution in [-0.2, 0) is 0 Å². The summed E-state index contributed by atoms with van der Waals surface area (Å²) in [7, 11) is 0. The molecular formula is C19H23N3. The molecule has 2 rings (SSSR count). The Kier molecular flexibility index (Phi) is 5.48. The number of hydrogen-bond donors (Lipinski definition) is 0. The van der Waals surface area contributed by atoms with Gasteiger partial charge in [-0.3, -0.25) is 4.99 Å². The van der Waals surface area contributed by atoms with Gasteiger partial charge in [-0.15, -0.1) is 0 Å². The maximum Gasteiger partial charge on any atom is 0.0968 e. The first-order valence-electron chi connectivity index (χ1n) is 7.63. The maximum absolute atomic E-state index is 4.74. The van der Waals surface area contributed by atoms with Crippen molar-refractivity contribution in [2.45, 2.75) is 33.6 Å². The summed E-state index contributed by atoms with van der Waals surface area (Å²) in [4.78, 5) is 4.34. The molecule has 0 amide bonds. The van der Waals surface area contributed by atoms with Crippen molar-refractivity contribution < 1.29 is 0 Å². The fourth-order valence-corrected chi connectivity index (χ4v) is 2.15. The number of unbranched alkanes of at least 4 members (excludes halogenated alkanes) is 1. The molecule has 1 aromatic carbocycles. The van der Waals surface area contributed by atoms with Crippen LogP contribution < -0.4 is 0 Å². The van der Waals surface area contributed by atoms with E-state index in [1.54, 1.807) is 0 Å². The Morgan fingerprint density at radius 2 is 2.05 bits per heavy atom. The van der Waals surface area contributed by atoms with E-state index in [-0.39, 0.29) is 0 Å². The van der Waals surface area contributed by atoms with Crippen molar-refractivity contribution >= 4 is 11.8 Å². The quantitative estimate of drug-likeness (QED) is 0.692. The molecule has 0 bridgehead atoms. The van der Waals surface area contributed by atoms with Gasteiger partial charge in [-0.25, -0.2) is 4.68 Å². The van der Waals surface area contributed by atoms with Crippen LogP contribution in [-0.4, -0.2) is 16.0 Å². The van der Waals surface area contributed by atoms with Gasteiger partial charge in [0.15, 0.2) is 0 Å². The van der Waals surface area contributed by atoms with Gasteiger partial charge in [0.05, 0.1) is 11.4 Å². The molecule has 0 aliphatic carbocycles. The number of rotatable bonds is 6. The fraction of sp³-hybridized carbons (Fsp3) is 0.263. The Labute approximate surface area is 132 Å². The van der Waals surface area contributed by atoms with Crippen LogP contribution in [0.5, 0.6) is 0 Å². The second kappa shape index (κ2) is 7.55. The third-order valence-electron chi connectivity index (χ3n) is 3.27. The molecule has 0 aliphatic rings. The number of nitrogens with zero attached hydrogens (tertiary/aromatic N) is 3. The summed E-state index contributed by atoms with van der Waals surface area (Å²) >= 11 is 0. The highest BCUT2D eigenvalue weighted by Gasteiger charge is 2.10. The van der Waals surface area contributed by atoms with Crippen LogP contribution in [0.2, 0.25) is 0 Å². The average molecular weight is 293 g/mol. The molecule has 114 valence electrons. The zero-order chi connectivity index (χ0) is 15.9. The normalized spacial score (nSPS) is 12.0. The van der Waals surface area contributed by atoms with Gasteiger partial charge in [0.25, 0.3) is 0 Å². The Morgan fingerprint density at radius 3 is 2.68 bits per heavy atom. The van der Waals surface area contributed by atoms with Crippen molar-refractivity contribution in [2.24, 2.45) is 4.99 Å². The van der Waals surface area contributed by atoms with Gasteiger partial charge in [-0.2, -0.15) is 5.10 Å². The van der Waals surface area contributed by atoms with Gasteiger partial charge in [-0.1, -0.05) is 44.2 Å². The van der Waals surface area contributed by atoms with Gasteiger partial charge < -0.3 is 0 Å². The van der Waals surface area contributed by atoms with E-state index in [1.165, 1.54) is 0 Å². The van der Waals surface area contributed by atoms with E-state index in [4.69, 9.17) is 5.10 Å². The molecule has 0 radical (unpaired) electrons. The van der Waals surface area contributed by atoms with Crippen molar-refractivity contribution in [1.82, 2.24) is 9.78 Å². The molecular weight excluding hydrogens is 270 g/mol. The Bertz CT molecular complexity index is 691. The molecule has 3 nitrogen and oxygen atoms in total. The number of aliphatic imine (C=N–C) groups is 1. The molecule has 0 N–H and O–H groups in total. The monoisotopic (exact) mass is 293 g/mol. The predicted octanol–water partition coefficient (Wildman–Crippen LogP) is 4.97. The molecule has 0 fully saturated rings. The number of allylic oxidation sites excluding steroid dienone is 3. The number of aryl methyl sites for hydroxylation is 1. The first-order chi connectivity index (χ1) is 10.6. The van der Waals surface area contributed by atoms with Crippen LogP contribution in [0.4, 0.5) is 0 Å². The van der Waals surface area contributed by atoms with Crippen LogP contribution in [0.15, 0.2) is 59.9 Å². The van der Waals surface area contributed by atoms with Crippen molar-refractivity contribution in [2.75, 3.05) is 0 Å². The van der Waals surface area contributed by atoms with Gasteiger partial charge in [0.1, 0.15) is 0 Å². The molecule has 0 spiro atoms. The lowest BCUT2D eigenvalue weighted by atomic mass is 10.1. The highest BCUT2D eigenvalue weighted by atomic mass is 15.3. The van der Waals surface area contributed by atoms with E-state index < -0.39 is 0 Å². The van der Waals surface area contributed by atoms with Crippen LogP contribution >= 0.6 is 0 Å². The number of benzene rings is 1. The van der Waals surface area contributed by atoms with E-state index in [0.29, 0.717) is 0 Å². The molecule has 0 unspecified atom stereocenters. The first kappa shape index (κ1) is 16.0. The summed E-state index contributed by atoms with van der Waals surface area (Å²) in [6, 6.07) is 10.1. The molecule has 1 aromatic heterocycles. The molecule has 2 aromatic rings. The van der Waals surface area contributed by atoms with Gasteiger partial charge in [0, 0.05) is 23.7 Å². The largest absolute Gasteiger partial charge is 0.262 e. The minimum atomic E-state index is 0.794. The van der Waals surface area contributed by atoms with E-state index in [9.17, 15) is 0 Å². The molecule has 0 saturated heterocycles. The zero-order valence-corrected chi connectivity index (χ0v) is 13.6. The molecule has 1 heterocycles. The highest BCUT2D eigenvalue weighted by Crippen LogP contribution is 2.19. The van der Waals surface area contributed by atoms with E-state index >= 15 is 0 Å². The Hall–Kier alpha value is -2.42. The first-order valence-corrected chi connectivity index (χ1v) is 7.63. The molecule has 22 heavy (non-hydrogen) atoms. The van der Waals surface area contributed by atoms with Gasteiger partial charge >= 0.3 is 0 Å². The number of hydrogen-bond acceptors (Lipinski definition) is 2. The summed E-state index contributed by atoms with van der Waals surface area (Å²) in [6.45, 7) is 9.96. The second-order valence-corrected chi connectivity index (χ2v) is 5.38. The molecule has 0 aliphatic heterocycles. The van der Waals surface area contributed by atoms with Crippen molar-refractivity contribution in [3.63, 3.8) is 0 Å². The summed E-state index contributed by atoms with van der Waals surface area (Å²) < 4.78 is 1.92. The zero-order valence-electron chi connectivity index (χ0n) is 13.6. The molecule has 0 atom stereocenters. The number of para-hydroxylation sites is 1. The lowest BCUT2D eigenvalue weighted by molar-refractivity contribution is 0.873. The minimum absolute atomic E-state index is 0.794. The van der Waals surface area contributed by atoms with Crippen LogP contribution in [0.1, 0.15) is 37.9 Å². The predicted molar refractivity (Wildman–Crippen MR) is 94.5 cm³/mol. The Balaban J connectivity index is 2.40. The lowest BCUT2D eigenvalue weighted by Gasteiger charge is -2.01. The smallest absolute Gasteiger partial charge is 0.0968 e. The van der Waals surface area contributed by atoms with Crippen molar-refractivity contribution in [3.8, 4) is 5.69 Å². The fourth-order valence-electron chi connectivity index (χ4n) is 2.15. The van der Waals surface area contributed by atoms with E-state index in [0.717, 1.165) is 41.1 Å². The van der Waals surface area contributed by atoms with Gasteiger partial charge in [0.2, 0.25) is 0 Å². The third-order valence-corrected chi connectivity index (χ3v) is 3.27. The lowest BCUT2D eigenvalue weighted by Crippen LogP contribution is -1.96. The maximum atomic E-state index is 4.74. The molecule has 0 saturated carbocycles. The second-order valence-electron chi connectivity index (χ2n) is 5.38. The van der Waals surface area contributed by atoms with E-state index in [2.05, 4.69) is 37.7 Å². The summed E-state index contributed by atoms with van der Waals surface area (Å²) in [5.74, 6) is 0. The van der Waals surface area contributed by atoms with E-state index in [1.807, 2.05) is 48.2 Å². The topological polar surface area (TPSA) is 30.2 Å². The highest BCUT2D eigenvalue weighted by molar-refractivity contribution is 6.09. The van der Waals surface area contributed by atoms with Crippen LogP contribution in [0, 0.1) is 6.92 Å².